The van der Waals surface area contributed by atoms with E-state index >= 15 is 0 Å². The molecular weight excluding hydrogens is 695 g/mol. The van der Waals surface area contributed by atoms with Gasteiger partial charge in [-0.2, -0.15) is 0 Å². The minimum Gasteiger partial charge on any atom is -0.462 e. The van der Waals surface area contributed by atoms with Gasteiger partial charge in [-0.15, -0.1) is 0 Å². The number of allylic oxidation sites excluding steroid dienone is 2. The van der Waals surface area contributed by atoms with E-state index in [4.69, 9.17) is 4.74 Å². The van der Waals surface area contributed by atoms with Crippen molar-refractivity contribution in [3.8, 4) is 0 Å². The summed E-state index contributed by atoms with van der Waals surface area (Å²) in [5.74, 6) is -0.470. The Labute approximate surface area is 349 Å². The van der Waals surface area contributed by atoms with E-state index in [1.165, 1.54) is 173 Å². The van der Waals surface area contributed by atoms with Crippen LogP contribution in [0.1, 0.15) is 271 Å². The highest BCUT2D eigenvalue weighted by Crippen LogP contribution is 2.18. The van der Waals surface area contributed by atoms with Gasteiger partial charge in [-0.1, -0.05) is 219 Å². The molecule has 0 aliphatic rings. The molecule has 6 heteroatoms. The number of aliphatic hydroxyl groups excluding tert-OH is 2. The lowest BCUT2D eigenvalue weighted by molar-refractivity contribution is -0.151. The monoisotopic (exact) mass is 792 g/mol. The van der Waals surface area contributed by atoms with E-state index in [0.29, 0.717) is 19.3 Å². The van der Waals surface area contributed by atoms with Crippen molar-refractivity contribution in [3.63, 3.8) is 0 Å². The van der Waals surface area contributed by atoms with Gasteiger partial charge < -0.3 is 20.3 Å². The summed E-state index contributed by atoms with van der Waals surface area (Å²) in [6.07, 6.45) is 48.4. The smallest absolute Gasteiger partial charge is 0.306 e. The van der Waals surface area contributed by atoms with Gasteiger partial charge in [0.25, 0.3) is 0 Å². The molecule has 0 aliphatic carbocycles. The second kappa shape index (κ2) is 44.7. The van der Waals surface area contributed by atoms with Crippen molar-refractivity contribution in [2.45, 2.75) is 289 Å². The van der Waals surface area contributed by atoms with Crippen LogP contribution in [-0.2, 0) is 14.3 Å². The number of carbonyl (C=O) groups is 2. The molecule has 6 nitrogen and oxygen atoms in total. The second-order valence-electron chi connectivity index (χ2n) is 17.2. The number of esters is 1. The van der Waals surface area contributed by atoms with E-state index in [1.807, 2.05) is 0 Å². The predicted molar refractivity (Wildman–Crippen MR) is 241 cm³/mol. The first kappa shape index (κ1) is 54.6. The summed E-state index contributed by atoms with van der Waals surface area (Å²) in [4.78, 5) is 26.0. The van der Waals surface area contributed by atoms with Gasteiger partial charge in [0.05, 0.1) is 25.2 Å². The van der Waals surface area contributed by atoms with Crippen molar-refractivity contribution in [1.29, 1.82) is 0 Å². The molecular formula is C50H97NO5. The van der Waals surface area contributed by atoms with Gasteiger partial charge in [-0.3, -0.25) is 9.59 Å². The Morgan fingerprint density at radius 2 is 0.857 bits per heavy atom. The van der Waals surface area contributed by atoms with Gasteiger partial charge in [0.15, 0.2) is 0 Å². The Morgan fingerprint density at radius 3 is 1.30 bits per heavy atom. The largest absolute Gasteiger partial charge is 0.462 e. The van der Waals surface area contributed by atoms with Crippen molar-refractivity contribution in [2.75, 3.05) is 6.61 Å². The average molecular weight is 792 g/mol. The number of unbranched alkanes of at least 4 members (excludes halogenated alkanes) is 31. The maximum Gasteiger partial charge on any atom is 0.306 e. The molecule has 1 amide bonds. The van der Waals surface area contributed by atoms with Crippen LogP contribution >= 0.6 is 0 Å². The second-order valence-corrected chi connectivity index (χ2v) is 17.2. The SMILES string of the molecule is CCCCC/C=C\CCCCCCCC(=O)OC(CCCCCCCCCCCCCCCCC)CC(=O)NC(CO)C(O)CCCCCCCCCCCC. The van der Waals surface area contributed by atoms with Crippen LogP contribution in [0.3, 0.4) is 0 Å². The number of aliphatic hydroxyl groups is 2. The molecule has 3 unspecified atom stereocenters. The lowest BCUT2D eigenvalue weighted by Gasteiger charge is -2.24. The number of rotatable bonds is 45. The van der Waals surface area contributed by atoms with Gasteiger partial charge >= 0.3 is 5.97 Å². The van der Waals surface area contributed by atoms with Gasteiger partial charge in [-0.05, 0) is 51.4 Å². The molecule has 0 aromatic rings. The van der Waals surface area contributed by atoms with E-state index < -0.39 is 18.2 Å². The van der Waals surface area contributed by atoms with E-state index in [-0.39, 0.29) is 24.9 Å². The topological polar surface area (TPSA) is 95.9 Å². The standard InChI is InChI=1S/C50H97NO5/c1-4-7-10-13-16-19-22-24-25-26-27-29-32-35-38-41-46(56-50(55)43-40-37-34-31-28-23-20-17-14-11-8-5-2)44-49(54)51-47(45-52)48(53)42-39-36-33-30-21-18-15-12-9-6-3/h17,20,46-48,52-53H,4-16,18-19,21-45H2,1-3H3,(H,51,54)/b20-17-. The van der Waals surface area contributed by atoms with Crippen molar-refractivity contribution in [1.82, 2.24) is 5.32 Å². The van der Waals surface area contributed by atoms with Crippen LogP contribution in [0.15, 0.2) is 12.2 Å². The van der Waals surface area contributed by atoms with Crippen LogP contribution in [0, 0.1) is 0 Å². The molecule has 0 fully saturated rings. The molecule has 0 spiro atoms. The first-order valence-corrected chi connectivity index (χ1v) is 24.9. The molecule has 0 bridgehead atoms. The van der Waals surface area contributed by atoms with Gasteiger partial charge in [0.1, 0.15) is 6.10 Å². The minimum atomic E-state index is -0.781. The molecule has 3 N–H and O–H groups in total. The molecule has 0 saturated carbocycles. The Kier molecular flexibility index (Phi) is 43.6. The Morgan fingerprint density at radius 1 is 0.500 bits per heavy atom. The third kappa shape index (κ3) is 39.4. The maximum absolute atomic E-state index is 13.2. The van der Waals surface area contributed by atoms with Crippen molar-refractivity contribution in [3.05, 3.63) is 12.2 Å². The lowest BCUT2D eigenvalue weighted by atomic mass is 10.0. The van der Waals surface area contributed by atoms with Crippen LogP contribution in [0.5, 0.6) is 0 Å². The van der Waals surface area contributed by atoms with E-state index in [9.17, 15) is 19.8 Å². The molecule has 3 atom stereocenters. The van der Waals surface area contributed by atoms with Crippen LogP contribution in [0.2, 0.25) is 0 Å². The van der Waals surface area contributed by atoms with Crippen LogP contribution in [-0.4, -0.2) is 46.9 Å². The van der Waals surface area contributed by atoms with Gasteiger partial charge in [-0.25, -0.2) is 0 Å². The molecule has 0 aromatic heterocycles. The zero-order chi connectivity index (χ0) is 41.0. The van der Waals surface area contributed by atoms with Crippen LogP contribution < -0.4 is 5.32 Å². The fraction of sp³-hybridized carbons (Fsp3) is 0.920. The first-order valence-electron chi connectivity index (χ1n) is 24.9. The van der Waals surface area contributed by atoms with Crippen molar-refractivity contribution >= 4 is 11.9 Å². The molecule has 0 rings (SSSR count). The highest BCUT2D eigenvalue weighted by atomic mass is 16.5. The third-order valence-electron chi connectivity index (χ3n) is 11.6. The summed E-state index contributed by atoms with van der Waals surface area (Å²) in [5.41, 5.74) is 0. The number of ether oxygens (including phenoxy) is 1. The summed E-state index contributed by atoms with van der Waals surface area (Å²) >= 11 is 0. The molecule has 0 aromatic carbocycles. The Hall–Kier alpha value is -1.40. The average Bonchev–Trinajstić information content (AvgIpc) is 3.19. The van der Waals surface area contributed by atoms with Crippen molar-refractivity contribution in [2.24, 2.45) is 0 Å². The molecule has 0 heterocycles. The zero-order valence-corrected chi connectivity index (χ0v) is 37.8. The molecule has 56 heavy (non-hydrogen) atoms. The number of hydrogen-bond donors (Lipinski definition) is 3. The summed E-state index contributed by atoms with van der Waals surface area (Å²) < 4.78 is 5.92. The fourth-order valence-electron chi connectivity index (χ4n) is 7.78. The zero-order valence-electron chi connectivity index (χ0n) is 37.8. The number of amides is 1. The van der Waals surface area contributed by atoms with Gasteiger partial charge in [0, 0.05) is 6.42 Å². The van der Waals surface area contributed by atoms with Crippen LogP contribution in [0.25, 0.3) is 0 Å². The predicted octanol–water partition coefficient (Wildman–Crippen LogP) is 14.6. The van der Waals surface area contributed by atoms with E-state index in [1.54, 1.807) is 0 Å². The quantitative estimate of drug-likeness (QED) is 0.0324. The van der Waals surface area contributed by atoms with Crippen molar-refractivity contribution < 1.29 is 24.5 Å². The van der Waals surface area contributed by atoms with E-state index in [2.05, 4.69) is 38.2 Å². The number of carbonyl (C=O) groups excluding carboxylic acids is 2. The summed E-state index contributed by atoms with van der Waals surface area (Å²) in [5, 5.41) is 23.7. The molecule has 0 saturated heterocycles. The molecule has 0 radical (unpaired) electrons. The fourth-order valence-corrected chi connectivity index (χ4v) is 7.78. The van der Waals surface area contributed by atoms with E-state index in [0.717, 1.165) is 51.4 Å². The number of nitrogens with one attached hydrogen (secondary N) is 1. The summed E-state index contributed by atoms with van der Waals surface area (Å²) in [6, 6.07) is -0.695. The molecule has 0 aliphatic heterocycles. The minimum absolute atomic E-state index is 0.0811. The Bertz CT molecular complexity index is 847. The summed E-state index contributed by atoms with van der Waals surface area (Å²) in [7, 11) is 0. The normalized spacial score (nSPS) is 13.3. The first-order chi connectivity index (χ1) is 27.5. The van der Waals surface area contributed by atoms with Gasteiger partial charge in [0.2, 0.25) is 5.91 Å². The lowest BCUT2D eigenvalue weighted by Crippen LogP contribution is -2.46. The third-order valence-corrected chi connectivity index (χ3v) is 11.6. The molecule has 332 valence electrons. The maximum atomic E-state index is 13.2. The number of hydrogen-bond acceptors (Lipinski definition) is 5. The Balaban J connectivity index is 4.56. The highest BCUT2D eigenvalue weighted by Gasteiger charge is 2.24. The van der Waals surface area contributed by atoms with Crippen LogP contribution in [0.4, 0.5) is 0 Å². The summed E-state index contributed by atoms with van der Waals surface area (Å²) in [6.45, 7) is 6.46. The highest BCUT2D eigenvalue weighted by molar-refractivity contribution is 5.77.